The van der Waals surface area contributed by atoms with Crippen molar-refractivity contribution in [2.45, 2.75) is 26.2 Å². The molecule has 0 aliphatic heterocycles. The summed E-state index contributed by atoms with van der Waals surface area (Å²) in [4.78, 5) is 10.5. The zero-order valence-electron chi connectivity index (χ0n) is 9.40. The van der Waals surface area contributed by atoms with Crippen LogP contribution in [0.1, 0.15) is 26.3 Å². The molecule has 82 valence electrons. The van der Waals surface area contributed by atoms with E-state index in [0.29, 0.717) is 11.3 Å². The Morgan fingerprint density at radius 3 is 2.33 bits per heavy atom. The summed E-state index contributed by atoms with van der Waals surface area (Å²) in [7, 11) is 1.55. The number of nitro groups is 1. The van der Waals surface area contributed by atoms with E-state index in [1.807, 2.05) is 20.8 Å². The van der Waals surface area contributed by atoms with Crippen LogP contribution in [-0.4, -0.2) is 12.0 Å². The highest BCUT2D eigenvalue weighted by Crippen LogP contribution is 2.33. The molecule has 0 amide bonds. The molecule has 4 nitrogen and oxygen atoms in total. The maximum absolute atomic E-state index is 10.8. The minimum absolute atomic E-state index is 0.142. The minimum Gasteiger partial charge on any atom is -0.497 e. The molecule has 1 rings (SSSR count). The van der Waals surface area contributed by atoms with E-state index in [4.69, 9.17) is 4.74 Å². The van der Waals surface area contributed by atoms with Crippen molar-refractivity contribution in [3.05, 3.63) is 33.9 Å². The van der Waals surface area contributed by atoms with Crippen LogP contribution in [0.3, 0.4) is 0 Å². The Hall–Kier alpha value is -1.58. The van der Waals surface area contributed by atoms with Gasteiger partial charge < -0.3 is 4.74 Å². The molecule has 0 aliphatic rings. The second kappa shape index (κ2) is 3.88. The van der Waals surface area contributed by atoms with Gasteiger partial charge in [0.25, 0.3) is 5.69 Å². The van der Waals surface area contributed by atoms with Crippen molar-refractivity contribution >= 4 is 5.69 Å². The lowest BCUT2D eigenvalue weighted by molar-refractivity contribution is -0.386. The maximum Gasteiger partial charge on any atom is 0.273 e. The molecule has 0 saturated heterocycles. The molecule has 0 heterocycles. The standard InChI is InChI=1S/C11H15NO3/c1-11(2,3)9-7-8(15-4)5-6-10(9)12(13)14/h5-7H,1-4H3. The predicted octanol–water partition coefficient (Wildman–Crippen LogP) is 2.90. The van der Waals surface area contributed by atoms with Crippen molar-refractivity contribution in [1.29, 1.82) is 0 Å². The normalized spacial score (nSPS) is 11.2. The van der Waals surface area contributed by atoms with E-state index in [9.17, 15) is 10.1 Å². The molecule has 0 aromatic heterocycles. The number of nitro benzene ring substituents is 1. The van der Waals surface area contributed by atoms with Crippen molar-refractivity contribution in [2.75, 3.05) is 7.11 Å². The summed E-state index contributed by atoms with van der Waals surface area (Å²) in [5, 5.41) is 10.8. The SMILES string of the molecule is COc1ccc([N+](=O)[O-])c(C(C)(C)C)c1. The number of hydrogen-bond donors (Lipinski definition) is 0. The Kier molecular flexibility index (Phi) is 2.98. The fourth-order valence-corrected chi connectivity index (χ4v) is 1.40. The molecule has 1 aromatic carbocycles. The molecule has 0 radical (unpaired) electrons. The Morgan fingerprint density at radius 1 is 1.33 bits per heavy atom. The van der Waals surface area contributed by atoms with Crippen LogP contribution in [0.2, 0.25) is 0 Å². The zero-order chi connectivity index (χ0) is 11.6. The first kappa shape index (κ1) is 11.5. The lowest BCUT2D eigenvalue weighted by Crippen LogP contribution is -2.13. The van der Waals surface area contributed by atoms with Gasteiger partial charge in [0.15, 0.2) is 0 Å². The molecule has 0 fully saturated rings. The molecule has 0 atom stereocenters. The molecule has 0 spiro atoms. The summed E-state index contributed by atoms with van der Waals surface area (Å²) in [6, 6.07) is 4.81. The lowest BCUT2D eigenvalue weighted by Gasteiger charge is -2.19. The summed E-state index contributed by atoms with van der Waals surface area (Å²) in [6.45, 7) is 5.82. The van der Waals surface area contributed by atoms with Crippen LogP contribution in [-0.2, 0) is 5.41 Å². The maximum atomic E-state index is 10.8. The Balaban J connectivity index is 3.36. The summed E-state index contributed by atoms with van der Waals surface area (Å²) in [5.74, 6) is 0.644. The first-order valence-electron chi connectivity index (χ1n) is 4.69. The van der Waals surface area contributed by atoms with Gasteiger partial charge in [-0.05, 0) is 17.5 Å². The van der Waals surface area contributed by atoms with Gasteiger partial charge >= 0.3 is 0 Å². The van der Waals surface area contributed by atoms with Gasteiger partial charge in [-0.3, -0.25) is 10.1 Å². The van der Waals surface area contributed by atoms with Crippen LogP contribution in [0.15, 0.2) is 18.2 Å². The van der Waals surface area contributed by atoms with Gasteiger partial charge in [-0.1, -0.05) is 20.8 Å². The zero-order valence-corrected chi connectivity index (χ0v) is 9.40. The Morgan fingerprint density at radius 2 is 1.93 bits per heavy atom. The first-order chi connectivity index (χ1) is 6.86. The largest absolute Gasteiger partial charge is 0.497 e. The third kappa shape index (κ3) is 2.46. The first-order valence-corrected chi connectivity index (χ1v) is 4.69. The molecule has 0 unspecified atom stereocenters. The van der Waals surface area contributed by atoms with Gasteiger partial charge in [0.2, 0.25) is 0 Å². The van der Waals surface area contributed by atoms with Crippen molar-refractivity contribution in [1.82, 2.24) is 0 Å². The van der Waals surface area contributed by atoms with E-state index in [2.05, 4.69) is 0 Å². The minimum atomic E-state index is -0.361. The van der Waals surface area contributed by atoms with Crippen LogP contribution in [0.4, 0.5) is 5.69 Å². The third-order valence-corrected chi connectivity index (χ3v) is 2.21. The predicted molar refractivity (Wildman–Crippen MR) is 58.3 cm³/mol. The van der Waals surface area contributed by atoms with Gasteiger partial charge in [-0.25, -0.2) is 0 Å². The summed E-state index contributed by atoms with van der Waals surface area (Å²) >= 11 is 0. The fourth-order valence-electron chi connectivity index (χ4n) is 1.40. The molecular formula is C11H15NO3. The smallest absolute Gasteiger partial charge is 0.273 e. The number of benzene rings is 1. The number of hydrogen-bond acceptors (Lipinski definition) is 3. The molecule has 1 aromatic rings. The average molecular weight is 209 g/mol. The fraction of sp³-hybridized carbons (Fsp3) is 0.455. The van der Waals surface area contributed by atoms with E-state index in [-0.39, 0.29) is 16.0 Å². The van der Waals surface area contributed by atoms with Crippen LogP contribution < -0.4 is 4.74 Å². The van der Waals surface area contributed by atoms with Crippen LogP contribution in [0, 0.1) is 10.1 Å². The number of methoxy groups -OCH3 is 1. The topological polar surface area (TPSA) is 52.4 Å². The van der Waals surface area contributed by atoms with Crippen molar-refractivity contribution in [2.24, 2.45) is 0 Å². The van der Waals surface area contributed by atoms with Gasteiger partial charge in [-0.15, -0.1) is 0 Å². The van der Waals surface area contributed by atoms with Crippen molar-refractivity contribution in [3.63, 3.8) is 0 Å². The monoisotopic (exact) mass is 209 g/mol. The van der Waals surface area contributed by atoms with Crippen LogP contribution in [0.5, 0.6) is 5.75 Å². The Bertz CT molecular complexity index is 380. The second-order valence-corrected chi connectivity index (χ2v) is 4.39. The van der Waals surface area contributed by atoms with E-state index in [1.165, 1.54) is 6.07 Å². The van der Waals surface area contributed by atoms with E-state index < -0.39 is 0 Å². The molecular weight excluding hydrogens is 194 g/mol. The van der Waals surface area contributed by atoms with Crippen molar-refractivity contribution < 1.29 is 9.66 Å². The number of rotatable bonds is 2. The highest BCUT2D eigenvalue weighted by atomic mass is 16.6. The van der Waals surface area contributed by atoms with Crippen molar-refractivity contribution in [3.8, 4) is 5.75 Å². The molecule has 0 saturated carbocycles. The van der Waals surface area contributed by atoms with Gasteiger partial charge in [-0.2, -0.15) is 0 Å². The average Bonchev–Trinajstić information content (AvgIpc) is 2.15. The molecule has 4 heteroatoms. The summed E-state index contributed by atoms with van der Waals surface area (Å²) in [6.07, 6.45) is 0. The Labute approximate surface area is 89.0 Å². The van der Waals surface area contributed by atoms with Crippen LogP contribution in [0.25, 0.3) is 0 Å². The van der Waals surface area contributed by atoms with Crippen LogP contribution >= 0.6 is 0 Å². The highest BCUT2D eigenvalue weighted by molar-refractivity contribution is 5.48. The second-order valence-electron chi connectivity index (χ2n) is 4.39. The number of nitrogens with zero attached hydrogens (tertiary/aromatic N) is 1. The van der Waals surface area contributed by atoms with Gasteiger partial charge in [0, 0.05) is 11.6 Å². The molecule has 0 bridgehead atoms. The quantitative estimate of drug-likeness (QED) is 0.556. The van der Waals surface area contributed by atoms with E-state index in [0.717, 1.165) is 0 Å². The van der Waals surface area contributed by atoms with E-state index in [1.54, 1.807) is 19.2 Å². The lowest BCUT2D eigenvalue weighted by atomic mass is 9.86. The summed E-state index contributed by atoms with van der Waals surface area (Å²) in [5.41, 5.74) is 0.562. The highest BCUT2D eigenvalue weighted by Gasteiger charge is 2.25. The van der Waals surface area contributed by atoms with Gasteiger partial charge in [0.1, 0.15) is 5.75 Å². The molecule has 15 heavy (non-hydrogen) atoms. The number of ether oxygens (including phenoxy) is 1. The van der Waals surface area contributed by atoms with E-state index >= 15 is 0 Å². The van der Waals surface area contributed by atoms with Gasteiger partial charge in [0.05, 0.1) is 12.0 Å². The third-order valence-electron chi connectivity index (χ3n) is 2.21. The summed E-state index contributed by atoms with van der Waals surface area (Å²) < 4.78 is 5.06. The molecule has 0 aliphatic carbocycles. The molecule has 0 N–H and O–H groups in total.